The van der Waals surface area contributed by atoms with Gasteiger partial charge >= 0.3 is 0 Å². The van der Waals surface area contributed by atoms with Crippen molar-refractivity contribution in [2.75, 3.05) is 0 Å². The maximum Gasteiger partial charge on any atom is 0.0753 e. The van der Waals surface area contributed by atoms with Gasteiger partial charge in [0, 0.05) is 0 Å². The molecule has 2 saturated carbocycles. The van der Waals surface area contributed by atoms with E-state index in [0.717, 1.165) is 24.8 Å². The summed E-state index contributed by atoms with van der Waals surface area (Å²) >= 11 is 0. The fourth-order valence-corrected chi connectivity index (χ4v) is 6.23. The molecule has 0 aromatic heterocycles. The molecule has 0 aromatic rings. The van der Waals surface area contributed by atoms with Crippen LogP contribution in [0, 0.1) is 21.7 Å². The van der Waals surface area contributed by atoms with Gasteiger partial charge in [0.2, 0.25) is 0 Å². The second kappa shape index (κ2) is 4.97. The van der Waals surface area contributed by atoms with Crippen LogP contribution >= 0.6 is 0 Å². The maximum absolute atomic E-state index is 10.5. The molecule has 0 saturated heterocycles. The van der Waals surface area contributed by atoms with Gasteiger partial charge in [0.05, 0.1) is 6.10 Å². The molecule has 0 heterocycles. The normalized spacial score (nSPS) is 46.9. The zero-order chi connectivity index (χ0) is 17.3. The Bertz CT molecular complexity index is 569. The molecule has 4 atom stereocenters. The summed E-state index contributed by atoms with van der Waals surface area (Å²) in [5.41, 5.74) is 5.34. The summed E-state index contributed by atoms with van der Waals surface area (Å²) in [5, 5.41) is 10.5. The first-order chi connectivity index (χ1) is 10.5. The minimum atomic E-state index is -0.306. The predicted octanol–water partition coefficient (Wildman–Crippen LogP) is 6.04. The highest BCUT2D eigenvalue weighted by atomic mass is 16.3. The molecular formula is C22H36O. The smallest absolute Gasteiger partial charge is 0.0753 e. The molecule has 1 heteroatoms. The second-order valence-corrected chi connectivity index (χ2v) is 10.1. The molecule has 0 unspecified atom stereocenters. The van der Waals surface area contributed by atoms with Crippen LogP contribution in [0.15, 0.2) is 23.3 Å². The number of allylic oxidation sites excluding steroid dienone is 2. The van der Waals surface area contributed by atoms with Gasteiger partial charge in [0.1, 0.15) is 0 Å². The molecular weight excluding hydrogens is 280 g/mol. The van der Waals surface area contributed by atoms with E-state index >= 15 is 0 Å². The molecule has 3 aliphatic carbocycles. The Labute approximate surface area is 143 Å². The molecule has 1 nitrogen and oxygen atoms in total. The monoisotopic (exact) mass is 316 g/mol. The van der Waals surface area contributed by atoms with Gasteiger partial charge in [0.25, 0.3) is 0 Å². The molecule has 0 spiro atoms. The fraction of sp³-hybridized carbons (Fsp3) is 0.818. The van der Waals surface area contributed by atoms with E-state index in [-0.39, 0.29) is 27.8 Å². The van der Waals surface area contributed by atoms with E-state index in [2.05, 4.69) is 48.1 Å². The molecule has 130 valence electrons. The van der Waals surface area contributed by atoms with Crippen LogP contribution in [0.3, 0.4) is 0 Å². The van der Waals surface area contributed by atoms with Crippen molar-refractivity contribution in [3.63, 3.8) is 0 Å². The highest BCUT2D eigenvalue weighted by molar-refractivity contribution is 5.32. The average molecular weight is 317 g/mol. The Morgan fingerprint density at radius 3 is 2.22 bits per heavy atom. The molecule has 3 rings (SSSR count). The van der Waals surface area contributed by atoms with Crippen LogP contribution in [0.4, 0.5) is 0 Å². The van der Waals surface area contributed by atoms with Crippen molar-refractivity contribution < 1.29 is 5.11 Å². The molecule has 23 heavy (non-hydrogen) atoms. The molecule has 2 bridgehead atoms. The van der Waals surface area contributed by atoms with Crippen LogP contribution in [0.5, 0.6) is 0 Å². The van der Waals surface area contributed by atoms with Crippen molar-refractivity contribution >= 4 is 0 Å². The van der Waals surface area contributed by atoms with E-state index in [0.29, 0.717) is 0 Å². The van der Waals surface area contributed by atoms with Gasteiger partial charge in [0.15, 0.2) is 0 Å². The van der Waals surface area contributed by atoms with Crippen LogP contribution in [0.25, 0.3) is 0 Å². The third-order valence-electron chi connectivity index (χ3n) is 8.91. The number of hydrogen-bond donors (Lipinski definition) is 1. The highest BCUT2D eigenvalue weighted by Crippen LogP contribution is 2.68. The lowest BCUT2D eigenvalue weighted by Crippen LogP contribution is -2.54. The number of hydrogen-bond acceptors (Lipinski definition) is 1. The number of aliphatic hydroxyl groups excluding tert-OH is 1. The first kappa shape index (κ1) is 17.3. The third-order valence-corrected chi connectivity index (χ3v) is 8.91. The average Bonchev–Trinajstić information content (AvgIpc) is 2.46. The van der Waals surface area contributed by atoms with Crippen LogP contribution in [0.1, 0.15) is 86.5 Å². The van der Waals surface area contributed by atoms with E-state index in [4.69, 9.17) is 0 Å². The molecule has 0 aromatic carbocycles. The summed E-state index contributed by atoms with van der Waals surface area (Å²) in [6.45, 7) is 19.1. The van der Waals surface area contributed by atoms with E-state index in [1.807, 2.05) is 0 Å². The van der Waals surface area contributed by atoms with Crippen molar-refractivity contribution in [1.82, 2.24) is 0 Å². The van der Waals surface area contributed by atoms with Gasteiger partial charge in [-0.15, -0.1) is 0 Å². The molecule has 0 aliphatic heterocycles. The zero-order valence-corrected chi connectivity index (χ0v) is 16.2. The minimum Gasteiger partial charge on any atom is -0.389 e. The Morgan fingerprint density at radius 2 is 1.57 bits per heavy atom. The largest absolute Gasteiger partial charge is 0.389 e. The van der Waals surface area contributed by atoms with Crippen LogP contribution in [-0.4, -0.2) is 11.2 Å². The standard InChI is InChI=1S/C22H36O/c1-15-8-11-21(6)14-22(7)16(2)18(23)10-13-20(22,5)12-9-17(15)19(21,3)4/h18,23H,2,8-14H2,1,3-7H3/t18-,20+,21-,22+/m0/s1. The van der Waals surface area contributed by atoms with Gasteiger partial charge in [-0.25, -0.2) is 0 Å². The topological polar surface area (TPSA) is 20.2 Å². The lowest BCUT2D eigenvalue weighted by atomic mass is 9.42. The van der Waals surface area contributed by atoms with Crippen LogP contribution < -0.4 is 0 Å². The quantitative estimate of drug-likeness (QED) is 0.540. The summed E-state index contributed by atoms with van der Waals surface area (Å²) in [6.07, 6.45) is 7.86. The maximum atomic E-state index is 10.5. The Balaban J connectivity index is 2.14. The summed E-state index contributed by atoms with van der Waals surface area (Å²) in [4.78, 5) is 0. The predicted molar refractivity (Wildman–Crippen MR) is 98.3 cm³/mol. The SMILES string of the molecule is C=C1[C@@H](O)CC[C@@]2(C)CCC3=C(C)CC[C@@](C)(C[C@]12C)C3(C)C. The van der Waals surface area contributed by atoms with Crippen molar-refractivity contribution in [2.24, 2.45) is 21.7 Å². The Kier molecular flexibility index (Phi) is 3.73. The van der Waals surface area contributed by atoms with Gasteiger partial charge in [-0.1, -0.05) is 52.3 Å². The fourth-order valence-electron chi connectivity index (χ4n) is 6.23. The molecule has 0 radical (unpaired) electrons. The highest BCUT2D eigenvalue weighted by Gasteiger charge is 2.58. The lowest BCUT2D eigenvalue weighted by molar-refractivity contribution is -0.0665. The number of rotatable bonds is 0. The number of aliphatic hydroxyl groups is 1. The summed E-state index contributed by atoms with van der Waals surface area (Å²) in [6, 6.07) is 0. The summed E-state index contributed by atoms with van der Waals surface area (Å²) < 4.78 is 0. The Morgan fingerprint density at radius 1 is 0.957 bits per heavy atom. The van der Waals surface area contributed by atoms with Crippen molar-refractivity contribution in [2.45, 2.75) is 92.6 Å². The lowest BCUT2D eigenvalue weighted by Gasteiger charge is -2.62. The van der Waals surface area contributed by atoms with E-state index < -0.39 is 0 Å². The molecule has 1 N–H and O–H groups in total. The van der Waals surface area contributed by atoms with E-state index in [9.17, 15) is 5.11 Å². The summed E-state index contributed by atoms with van der Waals surface area (Å²) in [5.74, 6) is 0. The van der Waals surface area contributed by atoms with Gasteiger partial charge in [-0.05, 0) is 79.1 Å². The van der Waals surface area contributed by atoms with Gasteiger partial charge in [-0.2, -0.15) is 0 Å². The van der Waals surface area contributed by atoms with Crippen LogP contribution in [0.2, 0.25) is 0 Å². The summed E-state index contributed by atoms with van der Waals surface area (Å²) in [7, 11) is 0. The van der Waals surface area contributed by atoms with Gasteiger partial charge in [-0.3, -0.25) is 0 Å². The van der Waals surface area contributed by atoms with Crippen molar-refractivity contribution in [3.8, 4) is 0 Å². The Hall–Kier alpha value is -0.560. The van der Waals surface area contributed by atoms with Crippen LogP contribution in [-0.2, 0) is 0 Å². The second-order valence-electron chi connectivity index (χ2n) is 10.1. The first-order valence-electron chi connectivity index (χ1n) is 9.53. The van der Waals surface area contributed by atoms with Gasteiger partial charge < -0.3 is 5.11 Å². The number of fused-ring (bicyclic) bond motifs is 3. The van der Waals surface area contributed by atoms with E-state index in [1.54, 1.807) is 11.1 Å². The molecule has 0 amide bonds. The third kappa shape index (κ3) is 2.15. The molecule has 2 fully saturated rings. The zero-order valence-electron chi connectivity index (χ0n) is 16.2. The first-order valence-corrected chi connectivity index (χ1v) is 9.53. The van der Waals surface area contributed by atoms with E-state index in [1.165, 1.54) is 25.7 Å². The van der Waals surface area contributed by atoms with Crippen molar-refractivity contribution in [1.29, 1.82) is 0 Å². The van der Waals surface area contributed by atoms with Crippen molar-refractivity contribution in [3.05, 3.63) is 23.3 Å². The minimum absolute atomic E-state index is 0.0491. The molecule has 3 aliphatic rings.